The van der Waals surface area contributed by atoms with Gasteiger partial charge in [0.25, 0.3) is 5.91 Å². The average molecular weight is 274 g/mol. The van der Waals surface area contributed by atoms with Crippen LogP contribution in [0.3, 0.4) is 0 Å². The van der Waals surface area contributed by atoms with E-state index in [1.165, 1.54) is 4.70 Å². The topological polar surface area (TPSA) is 32.3 Å². The Hall–Kier alpha value is -1.39. The Balaban J connectivity index is 1.95. The molecule has 3 rings (SSSR count). The van der Waals surface area contributed by atoms with Gasteiger partial charge in [-0.1, -0.05) is 18.2 Å². The van der Waals surface area contributed by atoms with Gasteiger partial charge < -0.3 is 10.2 Å². The molecule has 0 aliphatic carbocycles. The van der Waals surface area contributed by atoms with Crippen molar-refractivity contribution in [3.8, 4) is 0 Å². The summed E-state index contributed by atoms with van der Waals surface area (Å²) in [7, 11) is 0. The third kappa shape index (κ3) is 2.26. The second-order valence-electron chi connectivity index (χ2n) is 5.26. The smallest absolute Gasteiger partial charge is 0.255 e. The van der Waals surface area contributed by atoms with Crippen molar-refractivity contribution in [3.05, 3.63) is 35.2 Å². The second-order valence-corrected chi connectivity index (χ2v) is 6.17. The molecule has 1 amide bonds. The minimum atomic E-state index is 0.165. The van der Waals surface area contributed by atoms with E-state index in [1.807, 2.05) is 28.5 Å². The van der Waals surface area contributed by atoms with Crippen LogP contribution in [0.1, 0.15) is 24.2 Å². The second kappa shape index (κ2) is 4.94. The van der Waals surface area contributed by atoms with Gasteiger partial charge in [-0.2, -0.15) is 0 Å². The van der Waals surface area contributed by atoms with E-state index < -0.39 is 0 Å². The zero-order valence-corrected chi connectivity index (χ0v) is 12.0. The molecule has 1 aromatic carbocycles. The Kier molecular flexibility index (Phi) is 3.29. The van der Waals surface area contributed by atoms with Gasteiger partial charge in [0.1, 0.15) is 0 Å². The summed E-state index contributed by atoms with van der Waals surface area (Å²) >= 11 is 1.65. The van der Waals surface area contributed by atoms with E-state index >= 15 is 0 Å². The predicted octanol–water partition coefficient (Wildman–Crippen LogP) is 2.72. The normalized spacial score (nSPS) is 23.8. The fraction of sp³-hybridized carbons (Fsp3) is 0.400. The van der Waals surface area contributed by atoms with Gasteiger partial charge in [0.2, 0.25) is 0 Å². The monoisotopic (exact) mass is 274 g/mol. The molecule has 1 N–H and O–H groups in total. The van der Waals surface area contributed by atoms with Crippen LogP contribution in [-0.4, -0.2) is 36.0 Å². The summed E-state index contributed by atoms with van der Waals surface area (Å²) in [4.78, 5) is 14.7. The number of fused-ring (bicyclic) bond motifs is 1. The van der Waals surface area contributed by atoms with Crippen LogP contribution < -0.4 is 5.32 Å². The van der Waals surface area contributed by atoms with Gasteiger partial charge in [0.05, 0.1) is 5.56 Å². The van der Waals surface area contributed by atoms with E-state index in [-0.39, 0.29) is 11.9 Å². The highest BCUT2D eigenvalue weighted by Crippen LogP contribution is 2.27. The van der Waals surface area contributed by atoms with E-state index in [0.29, 0.717) is 6.04 Å². The first kappa shape index (κ1) is 12.6. The van der Waals surface area contributed by atoms with Crippen LogP contribution in [0.5, 0.6) is 0 Å². The lowest BCUT2D eigenvalue weighted by Crippen LogP contribution is -2.56. The largest absolute Gasteiger partial charge is 0.333 e. The molecule has 100 valence electrons. The summed E-state index contributed by atoms with van der Waals surface area (Å²) in [5.41, 5.74) is 0.849. The number of carbonyl (C=O) groups is 1. The molecule has 3 nitrogen and oxygen atoms in total. The van der Waals surface area contributed by atoms with Gasteiger partial charge in [0, 0.05) is 40.6 Å². The van der Waals surface area contributed by atoms with Gasteiger partial charge in [-0.15, -0.1) is 11.3 Å². The Morgan fingerprint density at radius 1 is 1.37 bits per heavy atom. The first-order chi connectivity index (χ1) is 9.16. The lowest BCUT2D eigenvalue weighted by atomic mass is 10.1. The average Bonchev–Trinajstić information content (AvgIpc) is 2.84. The Bertz CT molecular complexity index is 607. The third-order valence-electron chi connectivity index (χ3n) is 3.74. The number of thiophene rings is 1. The minimum absolute atomic E-state index is 0.165. The van der Waals surface area contributed by atoms with Crippen LogP contribution in [-0.2, 0) is 0 Å². The highest BCUT2D eigenvalue weighted by atomic mass is 32.1. The molecule has 1 saturated heterocycles. The molecule has 1 aliphatic rings. The van der Waals surface area contributed by atoms with Gasteiger partial charge >= 0.3 is 0 Å². The number of carbonyl (C=O) groups excluding carboxylic acids is 1. The molecular weight excluding hydrogens is 256 g/mol. The molecule has 2 aromatic rings. The van der Waals surface area contributed by atoms with E-state index in [1.54, 1.807) is 11.3 Å². The minimum Gasteiger partial charge on any atom is -0.333 e. The lowest BCUT2D eigenvalue weighted by Gasteiger charge is -2.37. The molecule has 19 heavy (non-hydrogen) atoms. The SMILES string of the molecule is CC1CN(C(=O)c2csc3ccccc23)C(C)CN1. The maximum absolute atomic E-state index is 12.7. The molecule has 4 heteroatoms. The Morgan fingerprint density at radius 3 is 3.00 bits per heavy atom. The summed E-state index contributed by atoms with van der Waals surface area (Å²) in [6.07, 6.45) is 0. The van der Waals surface area contributed by atoms with Crippen LogP contribution in [0.4, 0.5) is 0 Å². The number of hydrogen-bond donors (Lipinski definition) is 1. The molecule has 1 aliphatic heterocycles. The highest BCUT2D eigenvalue weighted by Gasteiger charge is 2.28. The van der Waals surface area contributed by atoms with Crippen LogP contribution in [0.2, 0.25) is 0 Å². The fourth-order valence-electron chi connectivity index (χ4n) is 2.60. The summed E-state index contributed by atoms with van der Waals surface area (Å²) in [5.74, 6) is 0.165. The van der Waals surface area contributed by atoms with E-state index in [4.69, 9.17) is 0 Å². The summed E-state index contributed by atoms with van der Waals surface area (Å²) in [5, 5.41) is 6.48. The summed E-state index contributed by atoms with van der Waals surface area (Å²) in [6, 6.07) is 8.74. The number of benzene rings is 1. The summed E-state index contributed by atoms with van der Waals surface area (Å²) in [6.45, 7) is 5.88. The van der Waals surface area contributed by atoms with Crippen molar-refractivity contribution in [2.45, 2.75) is 25.9 Å². The number of piperazine rings is 1. The lowest BCUT2D eigenvalue weighted by molar-refractivity contribution is 0.0619. The van der Waals surface area contributed by atoms with Gasteiger partial charge in [-0.05, 0) is 19.9 Å². The first-order valence-electron chi connectivity index (χ1n) is 6.67. The molecule has 2 atom stereocenters. The molecule has 0 spiro atoms. The molecular formula is C15H18N2OS. The summed E-state index contributed by atoms with van der Waals surface area (Å²) < 4.78 is 1.18. The molecule has 2 heterocycles. The predicted molar refractivity (Wildman–Crippen MR) is 79.8 cm³/mol. The fourth-order valence-corrected chi connectivity index (χ4v) is 3.54. The molecule has 0 bridgehead atoms. The zero-order chi connectivity index (χ0) is 13.4. The molecule has 1 aromatic heterocycles. The van der Waals surface area contributed by atoms with Crippen molar-refractivity contribution in [1.82, 2.24) is 10.2 Å². The van der Waals surface area contributed by atoms with Crippen molar-refractivity contribution in [1.29, 1.82) is 0 Å². The van der Waals surface area contributed by atoms with Gasteiger partial charge in [-0.25, -0.2) is 0 Å². The quantitative estimate of drug-likeness (QED) is 0.867. The standard InChI is InChI=1S/C15H18N2OS/c1-10-8-17(11(2)7-16-10)15(18)13-9-19-14-6-4-3-5-12(13)14/h3-6,9-11,16H,7-8H2,1-2H3. The number of rotatable bonds is 1. The van der Waals surface area contributed by atoms with E-state index in [2.05, 4.69) is 25.2 Å². The van der Waals surface area contributed by atoms with Crippen molar-refractivity contribution in [3.63, 3.8) is 0 Å². The Morgan fingerprint density at radius 2 is 2.16 bits per heavy atom. The van der Waals surface area contributed by atoms with E-state index in [0.717, 1.165) is 24.0 Å². The Labute approximate surface area is 117 Å². The number of nitrogens with zero attached hydrogens (tertiary/aromatic N) is 1. The van der Waals surface area contributed by atoms with Crippen LogP contribution >= 0.6 is 11.3 Å². The van der Waals surface area contributed by atoms with E-state index in [9.17, 15) is 4.79 Å². The van der Waals surface area contributed by atoms with Crippen LogP contribution in [0.25, 0.3) is 10.1 Å². The maximum Gasteiger partial charge on any atom is 0.255 e. The van der Waals surface area contributed by atoms with Gasteiger partial charge in [0.15, 0.2) is 0 Å². The number of hydrogen-bond acceptors (Lipinski definition) is 3. The first-order valence-corrected chi connectivity index (χ1v) is 7.55. The molecule has 2 unspecified atom stereocenters. The highest BCUT2D eigenvalue weighted by molar-refractivity contribution is 7.17. The van der Waals surface area contributed by atoms with Crippen LogP contribution in [0.15, 0.2) is 29.6 Å². The molecule has 1 fully saturated rings. The van der Waals surface area contributed by atoms with Crippen molar-refractivity contribution < 1.29 is 4.79 Å². The van der Waals surface area contributed by atoms with Gasteiger partial charge in [-0.3, -0.25) is 4.79 Å². The van der Waals surface area contributed by atoms with Crippen molar-refractivity contribution >= 4 is 27.3 Å². The zero-order valence-electron chi connectivity index (χ0n) is 11.2. The van der Waals surface area contributed by atoms with Crippen LogP contribution in [0, 0.1) is 0 Å². The van der Waals surface area contributed by atoms with Crippen molar-refractivity contribution in [2.75, 3.05) is 13.1 Å². The number of amides is 1. The van der Waals surface area contributed by atoms with Crippen molar-refractivity contribution in [2.24, 2.45) is 0 Å². The maximum atomic E-state index is 12.7. The number of nitrogens with one attached hydrogen (secondary N) is 1. The third-order valence-corrected chi connectivity index (χ3v) is 4.70. The molecule has 0 radical (unpaired) electrons. The molecule has 0 saturated carbocycles.